The van der Waals surface area contributed by atoms with Crippen molar-refractivity contribution >= 4 is 0 Å². The molecule has 2 aromatic heterocycles. The van der Waals surface area contributed by atoms with Crippen molar-refractivity contribution in [3.05, 3.63) is 77.1 Å². The second kappa shape index (κ2) is 7.18. The third-order valence-electron chi connectivity index (χ3n) is 5.52. The molecule has 0 N–H and O–H groups in total. The van der Waals surface area contributed by atoms with Crippen LogP contribution in [0, 0.1) is 0 Å². The first-order chi connectivity index (χ1) is 13.0. The van der Waals surface area contributed by atoms with Crippen molar-refractivity contribution in [1.29, 1.82) is 0 Å². The van der Waals surface area contributed by atoms with Gasteiger partial charge in [-0.25, -0.2) is 4.98 Å². The zero-order valence-corrected chi connectivity index (χ0v) is 16.4. The van der Waals surface area contributed by atoms with E-state index in [1.165, 1.54) is 29.7 Å². The Hall–Kier alpha value is -2.62. The summed E-state index contributed by atoms with van der Waals surface area (Å²) in [6.45, 7) is 5.09. The fraction of sp³-hybridized carbons (Fsp3) is 0.391. The summed E-state index contributed by atoms with van der Waals surface area (Å²) < 4.78 is 8.03. The largest absolute Gasteiger partial charge is 0.487 e. The van der Waals surface area contributed by atoms with Gasteiger partial charge in [-0.1, -0.05) is 32.0 Å². The Kier molecular flexibility index (Phi) is 4.73. The molecule has 1 aliphatic rings. The minimum Gasteiger partial charge on any atom is -0.487 e. The van der Waals surface area contributed by atoms with Crippen molar-refractivity contribution in [2.24, 2.45) is 7.05 Å². The van der Waals surface area contributed by atoms with Gasteiger partial charge in [-0.2, -0.15) is 0 Å². The summed E-state index contributed by atoms with van der Waals surface area (Å²) in [6.07, 6.45) is 8.23. The van der Waals surface area contributed by atoms with Crippen LogP contribution in [0.4, 0.5) is 0 Å². The van der Waals surface area contributed by atoms with Gasteiger partial charge in [-0.3, -0.25) is 4.98 Å². The molecule has 3 aromatic rings. The number of aromatic nitrogens is 3. The second-order valence-corrected chi connectivity index (χ2v) is 8.11. The second-order valence-electron chi connectivity index (χ2n) is 8.11. The molecule has 140 valence electrons. The summed E-state index contributed by atoms with van der Waals surface area (Å²) in [5.74, 6) is 1.93. The lowest BCUT2D eigenvalue weighted by Gasteiger charge is -2.31. The third kappa shape index (κ3) is 3.90. The summed E-state index contributed by atoms with van der Waals surface area (Å²) in [5, 5.41) is 0. The van der Waals surface area contributed by atoms with E-state index in [4.69, 9.17) is 9.72 Å². The number of hydrogen-bond donors (Lipinski definition) is 0. The Bertz CT molecular complexity index is 925. The van der Waals surface area contributed by atoms with Crippen LogP contribution in [0.25, 0.3) is 0 Å². The molecule has 0 aliphatic heterocycles. The van der Waals surface area contributed by atoms with E-state index < -0.39 is 0 Å². The summed E-state index contributed by atoms with van der Waals surface area (Å²) in [6, 6.07) is 12.6. The van der Waals surface area contributed by atoms with E-state index in [1.54, 1.807) is 0 Å². The fourth-order valence-corrected chi connectivity index (χ4v) is 3.85. The van der Waals surface area contributed by atoms with Crippen LogP contribution < -0.4 is 4.74 Å². The van der Waals surface area contributed by atoms with Gasteiger partial charge in [0.2, 0.25) is 0 Å². The van der Waals surface area contributed by atoms with E-state index in [1.807, 2.05) is 36.1 Å². The first kappa shape index (κ1) is 17.8. The molecule has 1 aliphatic carbocycles. The normalized spacial score (nSPS) is 15.4. The van der Waals surface area contributed by atoms with Crippen LogP contribution in [0.2, 0.25) is 0 Å². The molecule has 0 atom stereocenters. The van der Waals surface area contributed by atoms with Crippen LogP contribution in [0.3, 0.4) is 0 Å². The Morgan fingerprint density at radius 2 is 1.93 bits per heavy atom. The average molecular weight is 361 g/mol. The predicted molar refractivity (Wildman–Crippen MR) is 107 cm³/mol. The molecule has 0 saturated carbocycles. The highest BCUT2D eigenvalue weighted by Crippen LogP contribution is 2.35. The van der Waals surface area contributed by atoms with Crippen molar-refractivity contribution < 1.29 is 4.74 Å². The molecule has 2 heterocycles. The lowest BCUT2D eigenvalue weighted by atomic mass is 9.76. The molecular formula is C23H27N3O. The minimum atomic E-state index is 0.163. The first-order valence-corrected chi connectivity index (χ1v) is 9.68. The molecule has 0 bridgehead atoms. The van der Waals surface area contributed by atoms with Gasteiger partial charge < -0.3 is 9.30 Å². The third-order valence-corrected chi connectivity index (χ3v) is 5.52. The van der Waals surface area contributed by atoms with Crippen molar-refractivity contribution in [2.45, 2.75) is 51.6 Å². The summed E-state index contributed by atoms with van der Waals surface area (Å²) in [4.78, 5) is 9.30. The molecule has 1 aromatic carbocycles. The number of pyridine rings is 1. The van der Waals surface area contributed by atoms with E-state index in [0.717, 1.165) is 30.1 Å². The maximum atomic E-state index is 5.98. The molecular weight excluding hydrogens is 334 g/mol. The van der Waals surface area contributed by atoms with Gasteiger partial charge in [0.25, 0.3) is 0 Å². The van der Waals surface area contributed by atoms with Crippen molar-refractivity contribution in [3.63, 3.8) is 0 Å². The monoisotopic (exact) mass is 361 g/mol. The highest BCUT2D eigenvalue weighted by molar-refractivity contribution is 5.32. The molecule has 4 nitrogen and oxygen atoms in total. The quantitative estimate of drug-likeness (QED) is 0.667. The van der Waals surface area contributed by atoms with Crippen LogP contribution in [0.15, 0.2) is 48.8 Å². The molecule has 0 saturated heterocycles. The Morgan fingerprint density at radius 1 is 1.11 bits per heavy atom. The Morgan fingerprint density at radius 3 is 2.67 bits per heavy atom. The lowest BCUT2D eigenvalue weighted by Crippen LogP contribution is -2.26. The molecule has 27 heavy (non-hydrogen) atoms. The Labute approximate surface area is 161 Å². The van der Waals surface area contributed by atoms with E-state index in [0.29, 0.717) is 6.61 Å². The number of benzene rings is 1. The summed E-state index contributed by atoms with van der Waals surface area (Å²) in [7, 11) is 2.02. The molecule has 0 amide bonds. The molecule has 0 spiro atoms. The van der Waals surface area contributed by atoms with Crippen LogP contribution in [-0.2, 0) is 31.9 Å². The van der Waals surface area contributed by atoms with Gasteiger partial charge in [0.1, 0.15) is 18.2 Å². The van der Waals surface area contributed by atoms with E-state index in [2.05, 4.69) is 43.1 Å². The van der Waals surface area contributed by atoms with Gasteiger partial charge in [0.05, 0.1) is 5.69 Å². The average Bonchev–Trinajstić information content (AvgIpc) is 3.06. The van der Waals surface area contributed by atoms with Crippen LogP contribution in [-0.4, -0.2) is 14.5 Å². The van der Waals surface area contributed by atoms with Gasteiger partial charge in [0.15, 0.2) is 0 Å². The standard InChI is InChI=1S/C23H27N3O/c1-23(2)12-4-5-18-8-9-19(25-22(18)23)16-27-20-10-6-17(7-11-20)15-21-24-13-14-26(21)3/h6-11,13-14H,4-5,12,15-16H2,1-3H3. The maximum absolute atomic E-state index is 5.98. The van der Waals surface area contributed by atoms with E-state index in [9.17, 15) is 0 Å². The Balaban J connectivity index is 1.41. The highest BCUT2D eigenvalue weighted by atomic mass is 16.5. The number of nitrogens with zero attached hydrogens (tertiary/aromatic N) is 3. The van der Waals surface area contributed by atoms with Crippen molar-refractivity contribution in [1.82, 2.24) is 14.5 Å². The number of rotatable bonds is 5. The van der Waals surface area contributed by atoms with Gasteiger partial charge in [-0.05, 0) is 48.6 Å². The van der Waals surface area contributed by atoms with Crippen molar-refractivity contribution in [2.75, 3.05) is 0 Å². The van der Waals surface area contributed by atoms with Gasteiger partial charge >= 0.3 is 0 Å². The topological polar surface area (TPSA) is 39.9 Å². The lowest BCUT2D eigenvalue weighted by molar-refractivity contribution is 0.299. The number of imidazole rings is 1. The summed E-state index contributed by atoms with van der Waals surface area (Å²) in [5.41, 5.74) is 5.04. The molecule has 4 heteroatoms. The van der Waals surface area contributed by atoms with Gasteiger partial charge in [-0.15, -0.1) is 0 Å². The van der Waals surface area contributed by atoms with E-state index in [-0.39, 0.29) is 5.41 Å². The van der Waals surface area contributed by atoms with Crippen LogP contribution in [0.1, 0.15) is 55.0 Å². The van der Waals surface area contributed by atoms with Crippen LogP contribution >= 0.6 is 0 Å². The molecule has 0 unspecified atom stereocenters. The summed E-state index contributed by atoms with van der Waals surface area (Å²) >= 11 is 0. The van der Waals surface area contributed by atoms with Gasteiger partial charge in [0, 0.05) is 37.0 Å². The SMILES string of the molecule is Cn1ccnc1Cc1ccc(OCc2ccc3c(n2)C(C)(C)CCC3)cc1. The molecule has 4 rings (SSSR count). The van der Waals surface area contributed by atoms with Crippen LogP contribution in [0.5, 0.6) is 5.75 Å². The maximum Gasteiger partial charge on any atom is 0.130 e. The highest BCUT2D eigenvalue weighted by Gasteiger charge is 2.28. The van der Waals surface area contributed by atoms with E-state index >= 15 is 0 Å². The minimum absolute atomic E-state index is 0.163. The zero-order chi connectivity index (χ0) is 18.9. The zero-order valence-electron chi connectivity index (χ0n) is 16.4. The molecule has 0 fully saturated rings. The van der Waals surface area contributed by atoms with Crippen molar-refractivity contribution in [3.8, 4) is 5.75 Å². The number of hydrogen-bond acceptors (Lipinski definition) is 3. The fourth-order valence-electron chi connectivity index (χ4n) is 3.85. The molecule has 0 radical (unpaired) electrons. The number of ether oxygens (including phenoxy) is 1. The smallest absolute Gasteiger partial charge is 0.130 e. The number of aryl methyl sites for hydroxylation is 2. The first-order valence-electron chi connectivity index (χ1n) is 9.68. The number of fused-ring (bicyclic) bond motifs is 1. The predicted octanol–water partition coefficient (Wildman–Crippen LogP) is 4.60.